The van der Waals surface area contributed by atoms with Crippen LogP contribution in [0.4, 0.5) is 0 Å². The van der Waals surface area contributed by atoms with Gasteiger partial charge in [0.15, 0.2) is 8.15 Å². The topological polar surface area (TPSA) is 197 Å². The summed E-state index contributed by atoms with van der Waals surface area (Å²) in [4.78, 5) is 31.0. The van der Waals surface area contributed by atoms with Crippen LogP contribution in [0.25, 0.3) is 0 Å². The molecule has 0 aliphatic carbocycles. The average Bonchev–Trinajstić information content (AvgIpc) is 0.910. The minimum Gasteiger partial charge on any atom is -0.358 e. The lowest BCUT2D eigenvalue weighted by Gasteiger charge is -2.04. The Morgan fingerprint density at radius 1 is 0.229 bits per heavy atom. The summed E-state index contributed by atoms with van der Waals surface area (Å²) in [7, 11) is 10.6. The van der Waals surface area contributed by atoms with Gasteiger partial charge in [0.1, 0.15) is 0 Å². The van der Waals surface area contributed by atoms with Crippen molar-refractivity contribution < 1.29 is 64.7 Å². The summed E-state index contributed by atoms with van der Waals surface area (Å²) < 4.78 is 62.7. The van der Waals surface area contributed by atoms with Crippen LogP contribution in [0.3, 0.4) is 0 Å². The first kappa shape index (κ1) is 155. The highest BCUT2D eigenvalue weighted by atomic mass is 32.0. The van der Waals surface area contributed by atoms with E-state index >= 15 is 0 Å². The zero-order chi connectivity index (χ0) is 108. The summed E-state index contributed by atoms with van der Waals surface area (Å²) in [6, 6.07) is 0. The van der Waals surface area contributed by atoms with E-state index in [2.05, 4.69) is 359 Å². The van der Waals surface area contributed by atoms with E-state index in [0.717, 1.165) is 123 Å². The van der Waals surface area contributed by atoms with Crippen LogP contribution < -0.4 is 0 Å². The lowest BCUT2D eigenvalue weighted by Crippen LogP contribution is -1.84. The summed E-state index contributed by atoms with van der Waals surface area (Å²) in [6.45, 7) is 69.5. The summed E-state index contributed by atoms with van der Waals surface area (Å²) in [6.07, 6.45) is 86.4. The first-order valence-corrected chi connectivity index (χ1v) is 71.5. The second kappa shape index (κ2) is 115. The molecule has 0 aliphatic heterocycles. The van der Waals surface area contributed by atoms with Crippen LogP contribution in [0.5, 0.6) is 0 Å². The average molecular weight is 2250 g/mol. The second-order valence-electron chi connectivity index (χ2n) is 36.8. The van der Waals surface area contributed by atoms with Gasteiger partial charge in [-0.3, -0.25) is 4.57 Å². The Morgan fingerprint density at radius 3 is 0.436 bits per heavy atom. The molecule has 13 unspecified atom stereocenters. The quantitative estimate of drug-likeness (QED) is 0.0255. The van der Waals surface area contributed by atoms with Gasteiger partial charge in [-0.15, -0.1) is 13.2 Å². The summed E-state index contributed by atoms with van der Waals surface area (Å²) in [5.41, 5.74) is 32.0. The van der Waals surface area contributed by atoms with Crippen molar-refractivity contribution in [3.05, 3.63) is 257 Å². The number of rotatable bonds is 70. The number of hydrogen-bond acceptors (Lipinski definition) is 10. The molecule has 0 aliphatic rings. The van der Waals surface area contributed by atoms with Crippen LogP contribution in [0, 0.1) is 0 Å². The van der Waals surface area contributed by atoms with Gasteiger partial charge in [0, 0.05) is 51.0 Å². The molecule has 0 aromatic rings. The third-order valence-corrected chi connectivity index (χ3v) is 27.6. The van der Waals surface area contributed by atoms with E-state index in [9.17, 15) is 9.13 Å². The van der Waals surface area contributed by atoms with Gasteiger partial charge in [-0.1, -0.05) is 298 Å². The minimum atomic E-state index is -5.05. The predicted molar refractivity (Wildman–Crippen MR) is 671 cm³/mol. The van der Waals surface area contributed by atoms with Crippen LogP contribution in [0.2, 0.25) is 0 Å². The van der Waals surface area contributed by atoms with Crippen molar-refractivity contribution in [2.24, 2.45) is 0 Å². The van der Waals surface area contributed by atoms with Gasteiger partial charge >= 0.3 is 15.6 Å². The van der Waals surface area contributed by atoms with Crippen LogP contribution in [0.15, 0.2) is 257 Å². The first-order chi connectivity index (χ1) is 66.0. The van der Waals surface area contributed by atoms with Crippen molar-refractivity contribution in [1.29, 1.82) is 0 Å². The van der Waals surface area contributed by atoms with Crippen molar-refractivity contribution in [2.75, 3.05) is 39.6 Å². The van der Waals surface area contributed by atoms with Gasteiger partial charge in [0.25, 0.3) is 0 Å². The minimum absolute atomic E-state index is 0.0833. The van der Waals surface area contributed by atoms with Crippen LogP contribution in [-0.4, -0.2) is 59.2 Å². The molecule has 0 saturated carbocycles. The molecule has 0 saturated heterocycles. The molecule has 140 heavy (non-hydrogen) atoms. The molecule has 0 amide bonds. The molecular formula is C110H206O14P16. The lowest BCUT2D eigenvalue weighted by molar-refractivity contribution is 0.225. The molecule has 0 bridgehead atoms. The smallest absolute Gasteiger partial charge is 0.358 e. The molecule has 30 heteroatoms. The second-order valence-corrected chi connectivity index (χ2v) is 47.6. The predicted octanol–water partition coefficient (Wildman–Crippen LogP) is 42.0. The highest BCUT2D eigenvalue weighted by Gasteiger charge is 2.28. The fourth-order valence-electron chi connectivity index (χ4n) is 12.2. The lowest BCUT2D eigenvalue weighted by atomic mass is 10.0. The molecule has 0 fully saturated rings. The van der Waals surface area contributed by atoms with Gasteiger partial charge in [-0.2, -0.15) is 4.31 Å². The van der Waals surface area contributed by atoms with Gasteiger partial charge in [0.2, 0.25) is 0 Å². The Kier molecular flexibility index (Phi) is 127. The number of phosphoric acid groups is 2. The van der Waals surface area contributed by atoms with E-state index in [0.29, 0.717) is 51.0 Å². The molecule has 0 aromatic carbocycles. The molecule has 0 radical (unpaired) electrons. The fraction of sp³-hybridized carbons (Fsp3) is 0.600. The van der Waals surface area contributed by atoms with E-state index in [1.54, 1.807) is 0 Å². The third-order valence-electron chi connectivity index (χ3n) is 20.8. The standard InChI is InChI=1S/C30H52OP2.2C25H44OP2.C20H36OP2.2C5H12OP2.H4O7P2.H2OP2/c1-25(2)13-8-14-26(3)15-9-16-27(4)17-10-18-28(5)19-11-20-29(6)21-12-22-30(7)23-24-31-33-32;2*1-21(2)11-7-12-22(3)13-8-14-23(4)15-9-16-24(5)17-10-18-25(6)19-20-26-28-27;1-17(2)9-6-10-18(3)11-7-12-19(4)13-8-14-20(5)15-16-21-23-22;2*1-5(2)3-4-6-8-7;1-8(2,3)7-9(4,5)6;1-3-2/h13,15,17,19,21,23,33H,8-12,14,16,18,20,22,24,32H2,1-7H3;2*11,13,15,17,19,28H,7-10,12,14,16,18,20,27H2,1-6H3;9,11,13,15,23H,6-8,10,12,14,16,22H2,1-5H3;2*8H,1,3-4,7H2,2H3;(H2,1,2,3)(H2,4,5,6);2H2/b26-15+,27-17+,28-19+,29-21-,30-23-;2*22-13+,23-15+,24-17+,25-19-;18-11+,19-13+,20-15+;;;;. The van der Waals surface area contributed by atoms with Gasteiger partial charge in [0.05, 0.1) is 39.6 Å². The van der Waals surface area contributed by atoms with Crippen molar-refractivity contribution in [1.82, 2.24) is 0 Å². The third kappa shape index (κ3) is 149. The van der Waals surface area contributed by atoms with E-state index < -0.39 is 15.6 Å². The SMILES string of the molecule is C=C(C)CCOPP.C=C(C)CCOPP.CC(C)=CCC/C(C)=C/CC/C(C)=C/CC/C(C)=C/CC/C(C)=C\CC/C(C)=C\COPP.CC(C)=CCC/C(C)=C/CC/C(C)=C/CC/C(C)=C/CC/C(C)=C\COPP.CC(C)=CCC/C(C)=C/CC/C(C)=C/CC/C(C)=C/CC/C(C)=C\COPP.CC(C)=CCC/C(C)=C/CC/C(C)=C/CC/C(C)=C/COPP.O=P(O)(O)OP(=O)(O)O.O=PP. The molecule has 0 spiro atoms. The number of allylic oxidation sites excluding steroid dienone is 36. The maximum Gasteiger partial charge on any atom is 0.478 e. The zero-order valence-corrected chi connectivity index (χ0v) is 109. The molecule has 810 valence electrons. The maximum atomic E-state index is 9.63. The normalized spacial score (nSPS) is 13.7. The summed E-state index contributed by atoms with van der Waals surface area (Å²) >= 11 is 0. The summed E-state index contributed by atoms with van der Waals surface area (Å²) in [5, 5.41) is 0. The first-order valence-electron chi connectivity index (χ1n) is 49.7. The Morgan fingerprint density at radius 2 is 0.343 bits per heavy atom. The molecule has 4 N–H and O–H groups in total. The molecular weight excluding hydrogens is 2040 g/mol. The van der Waals surface area contributed by atoms with E-state index in [1.165, 1.54) is 257 Å². The van der Waals surface area contributed by atoms with Gasteiger partial charge < -0.3 is 46.7 Å². The molecule has 0 heterocycles. The highest BCUT2D eigenvalue weighted by molar-refractivity contribution is 8.01. The van der Waals surface area contributed by atoms with Gasteiger partial charge in [-0.25, -0.2) is 9.13 Å². The van der Waals surface area contributed by atoms with E-state index in [-0.39, 0.29) is 8.15 Å². The van der Waals surface area contributed by atoms with Crippen molar-refractivity contribution in [3.63, 3.8) is 0 Å². The zero-order valence-electron chi connectivity index (χ0n) is 92.5. The Labute approximate surface area is 890 Å². The Hall–Kier alpha value is -0.0100. The van der Waals surface area contributed by atoms with E-state index in [1.807, 2.05) is 22.8 Å². The Bertz CT molecular complexity index is 3770. The van der Waals surface area contributed by atoms with Crippen molar-refractivity contribution >= 4 is 137 Å². The molecule has 13 atom stereocenters. The van der Waals surface area contributed by atoms with Crippen molar-refractivity contribution in [3.8, 4) is 0 Å². The molecule has 14 nitrogen and oxygen atoms in total. The number of hydrogen-bond donors (Lipinski definition) is 4. The summed E-state index contributed by atoms with van der Waals surface area (Å²) in [5.74, 6) is 0. The fourth-order valence-corrected chi connectivity index (χ4v) is 16.3. The monoisotopic (exact) mass is 2250 g/mol. The molecule has 0 rings (SSSR count). The molecule has 0 aromatic heterocycles. The highest BCUT2D eigenvalue weighted by Crippen LogP contribution is 2.54. The van der Waals surface area contributed by atoms with Gasteiger partial charge in [-0.05, 0) is 407 Å². The van der Waals surface area contributed by atoms with Crippen LogP contribution >= 0.6 is 137 Å². The maximum absolute atomic E-state index is 9.63. The largest absolute Gasteiger partial charge is 0.478 e. The van der Waals surface area contributed by atoms with E-state index in [4.69, 9.17) is 51.3 Å². The van der Waals surface area contributed by atoms with Crippen molar-refractivity contribution in [2.45, 2.75) is 398 Å². The van der Waals surface area contributed by atoms with Crippen LogP contribution in [0.1, 0.15) is 398 Å². The van der Waals surface area contributed by atoms with Crippen LogP contribution in [-0.2, 0) is 45.1 Å². The Balaban J connectivity index is -0.000000253.